The molecule has 0 fully saturated rings. The second-order valence-electron chi connectivity index (χ2n) is 5.03. The molecule has 1 aromatic carbocycles. The Bertz CT molecular complexity index is 777. The van der Waals surface area contributed by atoms with Crippen LogP contribution in [0.3, 0.4) is 0 Å². The number of aromatic nitrogens is 2. The van der Waals surface area contributed by atoms with Crippen LogP contribution in [0.2, 0.25) is 0 Å². The number of rotatable bonds is 2. The number of nitriles is 1. The number of nitrogens with zero attached hydrogens (tertiary/aromatic N) is 3. The van der Waals surface area contributed by atoms with E-state index in [0.29, 0.717) is 11.4 Å². The first kappa shape index (κ1) is 13.9. The minimum absolute atomic E-state index is 0.0110. The highest BCUT2D eigenvalue weighted by Crippen LogP contribution is 2.46. The van der Waals surface area contributed by atoms with E-state index >= 15 is 0 Å². The Morgan fingerprint density at radius 1 is 1.38 bits per heavy atom. The molecule has 0 bridgehead atoms. The van der Waals surface area contributed by atoms with E-state index in [0.717, 1.165) is 16.8 Å². The molecule has 0 radical (unpaired) electrons. The smallest absolute Gasteiger partial charge is 0.267 e. The Morgan fingerprint density at radius 2 is 2.10 bits per heavy atom. The average Bonchev–Trinajstić information content (AvgIpc) is 2.86. The van der Waals surface area contributed by atoms with Gasteiger partial charge in [0.2, 0.25) is 0 Å². The van der Waals surface area contributed by atoms with E-state index in [9.17, 15) is 10.1 Å². The largest absolute Gasteiger partial charge is 0.280 e. The quantitative estimate of drug-likeness (QED) is 0.855. The van der Waals surface area contributed by atoms with Crippen LogP contribution in [-0.4, -0.2) is 15.0 Å². The molecule has 21 heavy (non-hydrogen) atoms. The third-order valence-corrected chi connectivity index (χ3v) is 5.18. The molecule has 4 nitrogen and oxygen atoms in total. The van der Waals surface area contributed by atoms with Crippen LogP contribution in [0.25, 0.3) is 11.3 Å². The predicted molar refractivity (Wildman–Crippen MR) is 83.3 cm³/mol. The second-order valence-corrected chi connectivity index (χ2v) is 6.19. The zero-order valence-corrected chi connectivity index (χ0v) is 12.7. The van der Waals surface area contributed by atoms with E-state index in [1.165, 1.54) is 16.4 Å². The summed E-state index contributed by atoms with van der Waals surface area (Å²) >= 11 is 1.37. The molecular formula is C16H15N3OS. The number of thioether (sulfide) groups is 1. The number of benzene rings is 1. The lowest BCUT2D eigenvalue weighted by molar-refractivity contribution is 0.597. The second kappa shape index (κ2) is 5.38. The molecule has 1 aliphatic rings. The highest BCUT2D eigenvalue weighted by molar-refractivity contribution is 8.00. The lowest BCUT2D eigenvalue weighted by Crippen LogP contribution is -2.25. The summed E-state index contributed by atoms with van der Waals surface area (Å²) in [4.78, 5) is 13.1. The third-order valence-electron chi connectivity index (χ3n) is 3.78. The van der Waals surface area contributed by atoms with Crippen molar-refractivity contribution in [3.8, 4) is 17.3 Å². The predicted octanol–water partition coefficient (Wildman–Crippen LogP) is 3.03. The summed E-state index contributed by atoms with van der Waals surface area (Å²) in [5.41, 5.74) is 2.65. The maximum absolute atomic E-state index is 12.5. The molecule has 0 saturated heterocycles. The van der Waals surface area contributed by atoms with E-state index < -0.39 is 0 Å². The number of hydrogen-bond donors (Lipinski definition) is 0. The van der Waals surface area contributed by atoms with E-state index in [-0.39, 0.29) is 16.7 Å². The topological polar surface area (TPSA) is 58.7 Å². The third kappa shape index (κ3) is 2.16. The van der Waals surface area contributed by atoms with Crippen LogP contribution in [0.5, 0.6) is 0 Å². The van der Waals surface area contributed by atoms with Crippen molar-refractivity contribution in [2.75, 3.05) is 0 Å². The molecule has 1 aliphatic heterocycles. The van der Waals surface area contributed by atoms with Crippen LogP contribution in [-0.2, 0) is 6.54 Å². The fraction of sp³-hybridized carbons (Fsp3) is 0.312. The van der Waals surface area contributed by atoms with Crippen LogP contribution in [0.1, 0.15) is 25.3 Å². The minimum Gasteiger partial charge on any atom is -0.267 e. The fourth-order valence-corrected chi connectivity index (χ4v) is 3.90. The van der Waals surface area contributed by atoms with Gasteiger partial charge in [-0.25, -0.2) is 4.68 Å². The van der Waals surface area contributed by atoms with Gasteiger partial charge in [-0.1, -0.05) is 37.3 Å². The molecule has 5 heteroatoms. The molecule has 0 N–H and O–H groups in total. The monoisotopic (exact) mass is 297 g/mol. The van der Waals surface area contributed by atoms with Gasteiger partial charge in [0.15, 0.2) is 0 Å². The summed E-state index contributed by atoms with van der Waals surface area (Å²) in [6.45, 7) is 4.43. The van der Waals surface area contributed by atoms with Gasteiger partial charge in [-0.05, 0) is 6.92 Å². The van der Waals surface area contributed by atoms with Crippen molar-refractivity contribution in [1.82, 2.24) is 9.78 Å². The summed E-state index contributed by atoms with van der Waals surface area (Å²) in [5.74, 6) is 0.0110. The van der Waals surface area contributed by atoms with E-state index in [1.807, 2.05) is 44.2 Å². The highest BCUT2D eigenvalue weighted by atomic mass is 32.2. The van der Waals surface area contributed by atoms with Gasteiger partial charge >= 0.3 is 0 Å². The van der Waals surface area contributed by atoms with Crippen molar-refractivity contribution in [3.05, 3.63) is 46.2 Å². The van der Waals surface area contributed by atoms with E-state index in [1.54, 1.807) is 0 Å². The van der Waals surface area contributed by atoms with Crippen LogP contribution in [0, 0.1) is 11.3 Å². The normalized spacial score (nSPS) is 20.0. The first-order chi connectivity index (χ1) is 10.2. The van der Waals surface area contributed by atoms with Crippen molar-refractivity contribution in [2.45, 2.75) is 36.5 Å². The van der Waals surface area contributed by atoms with Crippen molar-refractivity contribution in [1.29, 1.82) is 5.26 Å². The Labute approximate surface area is 127 Å². The highest BCUT2D eigenvalue weighted by Gasteiger charge is 2.36. The molecule has 0 spiro atoms. The summed E-state index contributed by atoms with van der Waals surface area (Å²) < 4.78 is 1.49. The molecule has 2 atom stereocenters. The zero-order chi connectivity index (χ0) is 15.0. The molecule has 1 aromatic heterocycles. The summed E-state index contributed by atoms with van der Waals surface area (Å²) in [7, 11) is 0. The first-order valence-electron chi connectivity index (χ1n) is 6.94. The van der Waals surface area contributed by atoms with Gasteiger partial charge in [0, 0.05) is 23.6 Å². The maximum Gasteiger partial charge on any atom is 0.280 e. The van der Waals surface area contributed by atoms with Crippen molar-refractivity contribution in [2.24, 2.45) is 0 Å². The Hall–Kier alpha value is -2.06. The Morgan fingerprint density at radius 3 is 2.71 bits per heavy atom. The first-order valence-corrected chi connectivity index (χ1v) is 7.82. The summed E-state index contributed by atoms with van der Waals surface area (Å²) in [6, 6.07) is 12.1. The van der Waals surface area contributed by atoms with Crippen LogP contribution in [0.4, 0.5) is 0 Å². The minimum atomic E-state index is -0.218. The molecule has 2 unspecified atom stereocenters. The van der Waals surface area contributed by atoms with Gasteiger partial charge in [0.25, 0.3) is 5.56 Å². The van der Waals surface area contributed by atoms with Gasteiger partial charge in [-0.3, -0.25) is 4.79 Å². The van der Waals surface area contributed by atoms with Gasteiger partial charge in [0.05, 0.1) is 16.7 Å². The molecule has 106 valence electrons. The van der Waals surface area contributed by atoms with E-state index in [2.05, 4.69) is 11.2 Å². The van der Waals surface area contributed by atoms with E-state index in [4.69, 9.17) is 0 Å². The molecule has 3 rings (SSSR count). The standard InChI is InChI=1S/C16H15N3OS/c1-3-19-16(20)15-13(10(2)12(9-17)21-15)14(18-19)11-7-5-4-6-8-11/h4-8,10,12H,3H2,1-2H3. The molecule has 0 amide bonds. The Balaban J connectivity index is 2.30. The van der Waals surface area contributed by atoms with Gasteiger partial charge in [-0.15, -0.1) is 11.8 Å². The fourth-order valence-electron chi connectivity index (χ4n) is 2.64. The lowest BCUT2D eigenvalue weighted by Gasteiger charge is -2.13. The van der Waals surface area contributed by atoms with Crippen LogP contribution >= 0.6 is 11.8 Å². The van der Waals surface area contributed by atoms with Gasteiger partial charge in [0.1, 0.15) is 5.25 Å². The number of hydrogen-bond acceptors (Lipinski definition) is 4. The van der Waals surface area contributed by atoms with Crippen molar-refractivity contribution in [3.63, 3.8) is 0 Å². The SMILES string of the molecule is CCn1nc(-c2ccccc2)c2c(c1=O)SC(C#N)C2C. The number of aryl methyl sites for hydroxylation is 1. The van der Waals surface area contributed by atoms with Crippen molar-refractivity contribution >= 4 is 11.8 Å². The van der Waals surface area contributed by atoms with Gasteiger partial charge < -0.3 is 0 Å². The zero-order valence-electron chi connectivity index (χ0n) is 11.9. The molecular weight excluding hydrogens is 282 g/mol. The maximum atomic E-state index is 12.5. The number of fused-ring (bicyclic) bond motifs is 1. The lowest BCUT2D eigenvalue weighted by atomic mass is 9.94. The molecule has 0 aliphatic carbocycles. The summed E-state index contributed by atoms with van der Waals surface area (Å²) in [5, 5.41) is 13.6. The molecule has 2 heterocycles. The Kier molecular flexibility index (Phi) is 3.56. The molecule has 0 saturated carbocycles. The van der Waals surface area contributed by atoms with Gasteiger partial charge in [-0.2, -0.15) is 10.4 Å². The van der Waals surface area contributed by atoms with Crippen molar-refractivity contribution < 1.29 is 0 Å². The van der Waals surface area contributed by atoms with Crippen LogP contribution in [0.15, 0.2) is 40.0 Å². The summed E-state index contributed by atoms with van der Waals surface area (Å²) in [6.07, 6.45) is 0. The molecule has 2 aromatic rings. The average molecular weight is 297 g/mol. The van der Waals surface area contributed by atoms with Crippen LogP contribution < -0.4 is 5.56 Å².